The molecule has 0 saturated heterocycles. The largest absolute Gasteiger partial charge is 0.338 e. The fraction of sp³-hybridized carbons (Fsp3) is 0. The first-order valence-electron chi connectivity index (χ1n) is 6.94. The number of H-pyrrole nitrogens is 1. The standard InChI is InChI=1S/C16H11ClN6/c17-11-4-2-1-3-10(11)15-21-12-5-8-19-16(14(12)23-15)22-13-6-7-18-9-20-13/h1-9H,(H,21,23)(H,18,19,20,22). The number of halogens is 1. The van der Waals surface area contributed by atoms with Crippen LogP contribution in [0.3, 0.4) is 0 Å². The predicted octanol–water partition coefficient (Wildman–Crippen LogP) is 3.81. The number of anilines is 2. The molecule has 0 aliphatic rings. The van der Waals surface area contributed by atoms with E-state index in [2.05, 4.69) is 30.2 Å². The van der Waals surface area contributed by atoms with Gasteiger partial charge in [-0.3, -0.25) is 0 Å². The van der Waals surface area contributed by atoms with Crippen LogP contribution in [0.4, 0.5) is 11.6 Å². The van der Waals surface area contributed by atoms with Crippen molar-refractivity contribution in [1.82, 2.24) is 24.9 Å². The van der Waals surface area contributed by atoms with Crippen LogP contribution in [0.5, 0.6) is 0 Å². The van der Waals surface area contributed by atoms with E-state index < -0.39 is 0 Å². The SMILES string of the molecule is Clc1ccccc1-c1nc2c(Nc3ccncn3)nccc2[nH]1. The highest BCUT2D eigenvalue weighted by atomic mass is 35.5. The Hall–Kier alpha value is -2.99. The molecule has 23 heavy (non-hydrogen) atoms. The summed E-state index contributed by atoms with van der Waals surface area (Å²) in [6, 6.07) is 11.2. The minimum atomic E-state index is 0.621. The molecule has 0 unspecified atom stereocenters. The molecule has 0 aliphatic carbocycles. The van der Waals surface area contributed by atoms with E-state index in [0.717, 1.165) is 16.6 Å². The molecule has 2 N–H and O–H groups in total. The highest BCUT2D eigenvalue weighted by molar-refractivity contribution is 6.33. The van der Waals surface area contributed by atoms with Gasteiger partial charge in [0.05, 0.1) is 10.5 Å². The summed E-state index contributed by atoms with van der Waals surface area (Å²) in [4.78, 5) is 20.3. The van der Waals surface area contributed by atoms with Crippen LogP contribution in [0.15, 0.2) is 55.1 Å². The molecule has 3 heterocycles. The van der Waals surface area contributed by atoms with Crippen LogP contribution in [0.1, 0.15) is 0 Å². The lowest BCUT2D eigenvalue weighted by molar-refractivity contribution is 1.16. The summed E-state index contributed by atoms with van der Waals surface area (Å²) < 4.78 is 0. The number of nitrogens with one attached hydrogen (secondary N) is 2. The van der Waals surface area contributed by atoms with Crippen molar-refractivity contribution in [1.29, 1.82) is 0 Å². The molecule has 0 atom stereocenters. The zero-order chi connectivity index (χ0) is 15.6. The molecule has 7 heteroatoms. The Balaban J connectivity index is 1.80. The van der Waals surface area contributed by atoms with Crippen LogP contribution in [-0.2, 0) is 0 Å². The molecule has 1 aromatic carbocycles. The van der Waals surface area contributed by atoms with E-state index in [9.17, 15) is 0 Å². The van der Waals surface area contributed by atoms with E-state index in [1.165, 1.54) is 6.33 Å². The summed E-state index contributed by atoms with van der Waals surface area (Å²) in [7, 11) is 0. The molecular formula is C16H11ClN6. The van der Waals surface area contributed by atoms with Gasteiger partial charge in [0.1, 0.15) is 23.5 Å². The van der Waals surface area contributed by atoms with Gasteiger partial charge < -0.3 is 10.3 Å². The number of nitrogens with zero attached hydrogens (tertiary/aromatic N) is 4. The molecule has 4 aromatic rings. The highest BCUT2D eigenvalue weighted by Gasteiger charge is 2.12. The van der Waals surface area contributed by atoms with Gasteiger partial charge in [0, 0.05) is 18.0 Å². The Morgan fingerprint density at radius 3 is 2.74 bits per heavy atom. The number of aromatic nitrogens is 5. The summed E-state index contributed by atoms with van der Waals surface area (Å²) in [6.07, 6.45) is 4.85. The molecule has 112 valence electrons. The van der Waals surface area contributed by atoms with E-state index in [1.54, 1.807) is 18.5 Å². The highest BCUT2D eigenvalue weighted by Crippen LogP contribution is 2.29. The van der Waals surface area contributed by atoms with E-state index in [4.69, 9.17) is 11.6 Å². The van der Waals surface area contributed by atoms with Crippen molar-refractivity contribution in [2.75, 3.05) is 5.32 Å². The van der Waals surface area contributed by atoms with Gasteiger partial charge in [-0.05, 0) is 24.3 Å². The number of hydrogen-bond donors (Lipinski definition) is 2. The van der Waals surface area contributed by atoms with Crippen molar-refractivity contribution in [2.45, 2.75) is 0 Å². The monoisotopic (exact) mass is 322 g/mol. The van der Waals surface area contributed by atoms with Gasteiger partial charge in [-0.1, -0.05) is 23.7 Å². The van der Waals surface area contributed by atoms with Gasteiger partial charge in [-0.25, -0.2) is 19.9 Å². The van der Waals surface area contributed by atoms with Gasteiger partial charge >= 0.3 is 0 Å². The maximum absolute atomic E-state index is 6.25. The number of fused-ring (bicyclic) bond motifs is 1. The average Bonchev–Trinajstić information content (AvgIpc) is 3.01. The first-order valence-corrected chi connectivity index (χ1v) is 7.32. The Morgan fingerprint density at radius 2 is 1.91 bits per heavy atom. The number of pyridine rings is 1. The second-order valence-electron chi connectivity index (χ2n) is 4.84. The minimum absolute atomic E-state index is 0.621. The van der Waals surface area contributed by atoms with Crippen LogP contribution < -0.4 is 5.32 Å². The van der Waals surface area contributed by atoms with E-state index >= 15 is 0 Å². The maximum Gasteiger partial charge on any atom is 0.159 e. The first kappa shape index (κ1) is 13.7. The van der Waals surface area contributed by atoms with Crippen molar-refractivity contribution in [2.24, 2.45) is 0 Å². The van der Waals surface area contributed by atoms with Crippen LogP contribution in [0.25, 0.3) is 22.4 Å². The lowest BCUT2D eigenvalue weighted by Gasteiger charge is -2.03. The van der Waals surface area contributed by atoms with Gasteiger partial charge in [-0.15, -0.1) is 0 Å². The first-order chi connectivity index (χ1) is 11.3. The minimum Gasteiger partial charge on any atom is -0.338 e. The number of aromatic amines is 1. The number of imidazole rings is 1. The quantitative estimate of drug-likeness (QED) is 0.599. The van der Waals surface area contributed by atoms with Crippen LogP contribution >= 0.6 is 11.6 Å². The van der Waals surface area contributed by atoms with Crippen molar-refractivity contribution in [3.05, 3.63) is 60.1 Å². The summed E-state index contributed by atoms with van der Waals surface area (Å²) in [6.45, 7) is 0. The summed E-state index contributed by atoms with van der Waals surface area (Å²) in [5, 5.41) is 3.79. The third-order valence-electron chi connectivity index (χ3n) is 3.36. The molecule has 4 rings (SSSR count). The zero-order valence-electron chi connectivity index (χ0n) is 11.9. The topological polar surface area (TPSA) is 79.4 Å². The van der Waals surface area contributed by atoms with Gasteiger partial charge in [-0.2, -0.15) is 0 Å². The van der Waals surface area contributed by atoms with Crippen molar-refractivity contribution < 1.29 is 0 Å². The summed E-state index contributed by atoms with van der Waals surface area (Å²) in [5.41, 5.74) is 2.44. The lowest BCUT2D eigenvalue weighted by atomic mass is 10.2. The Labute approximate surface area is 136 Å². The van der Waals surface area contributed by atoms with Crippen molar-refractivity contribution >= 4 is 34.3 Å². The van der Waals surface area contributed by atoms with Gasteiger partial charge in [0.15, 0.2) is 5.82 Å². The molecule has 3 aromatic heterocycles. The molecular weight excluding hydrogens is 312 g/mol. The number of benzene rings is 1. The Morgan fingerprint density at radius 1 is 1.00 bits per heavy atom. The van der Waals surface area contributed by atoms with Gasteiger partial charge in [0.25, 0.3) is 0 Å². The fourth-order valence-electron chi connectivity index (χ4n) is 2.29. The third kappa shape index (κ3) is 2.60. The average molecular weight is 323 g/mol. The molecule has 6 nitrogen and oxygen atoms in total. The van der Waals surface area contributed by atoms with Crippen molar-refractivity contribution in [3.8, 4) is 11.4 Å². The summed E-state index contributed by atoms with van der Waals surface area (Å²) >= 11 is 6.25. The van der Waals surface area contributed by atoms with E-state index in [0.29, 0.717) is 22.5 Å². The van der Waals surface area contributed by atoms with Crippen LogP contribution in [0, 0.1) is 0 Å². The van der Waals surface area contributed by atoms with Crippen LogP contribution in [-0.4, -0.2) is 24.9 Å². The van der Waals surface area contributed by atoms with Crippen molar-refractivity contribution in [3.63, 3.8) is 0 Å². The molecule has 0 radical (unpaired) electrons. The smallest absolute Gasteiger partial charge is 0.159 e. The van der Waals surface area contributed by atoms with E-state index in [-0.39, 0.29) is 0 Å². The molecule has 0 bridgehead atoms. The zero-order valence-corrected chi connectivity index (χ0v) is 12.6. The molecule has 0 saturated carbocycles. The molecule has 0 aliphatic heterocycles. The second-order valence-corrected chi connectivity index (χ2v) is 5.25. The Kier molecular flexibility index (Phi) is 3.36. The van der Waals surface area contributed by atoms with E-state index in [1.807, 2.05) is 30.3 Å². The second kappa shape index (κ2) is 5.66. The molecule has 0 amide bonds. The lowest BCUT2D eigenvalue weighted by Crippen LogP contribution is -1.96. The number of rotatable bonds is 3. The molecule has 0 spiro atoms. The van der Waals surface area contributed by atoms with Gasteiger partial charge in [0.2, 0.25) is 0 Å². The molecule has 0 fully saturated rings. The Bertz CT molecular complexity index is 967. The maximum atomic E-state index is 6.25. The summed E-state index contributed by atoms with van der Waals surface area (Å²) in [5.74, 6) is 1.97. The van der Waals surface area contributed by atoms with Crippen LogP contribution in [0.2, 0.25) is 5.02 Å². The third-order valence-corrected chi connectivity index (χ3v) is 3.69. The fourth-order valence-corrected chi connectivity index (χ4v) is 2.52. The normalized spacial score (nSPS) is 10.8. The number of hydrogen-bond acceptors (Lipinski definition) is 5. The predicted molar refractivity (Wildman–Crippen MR) is 89.6 cm³/mol.